The van der Waals surface area contributed by atoms with Gasteiger partial charge in [0, 0.05) is 25.6 Å². The fourth-order valence-corrected chi connectivity index (χ4v) is 4.01. The normalized spacial score (nSPS) is 20.5. The van der Waals surface area contributed by atoms with Crippen LogP contribution in [0.15, 0.2) is 35.2 Å². The van der Waals surface area contributed by atoms with Crippen molar-refractivity contribution in [3.05, 3.63) is 30.3 Å². The second kappa shape index (κ2) is 9.91. The maximum atomic E-state index is 12.4. The molecule has 0 amide bonds. The maximum Gasteiger partial charge on any atom is 0.376 e. The van der Waals surface area contributed by atoms with E-state index in [4.69, 9.17) is 4.74 Å². The summed E-state index contributed by atoms with van der Waals surface area (Å²) in [5.41, 5.74) is 0. The van der Waals surface area contributed by atoms with Crippen LogP contribution < -0.4 is 4.72 Å². The molecule has 140 valence electrons. The molecule has 1 aromatic carbocycles. The van der Waals surface area contributed by atoms with Gasteiger partial charge < -0.3 is 14.6 Å². The summed E-state index contributed by atoms with van der Waals surface area (Å²) >= 11 is 0. The first kappa shape index (κ1) is 21.6. The van der Waals surface area contributed by atoms with E-state index < -0.39 is 23.0 Å². The van der Waals surface area contributed by atoms with E-state index in [1.165, 1.54) is 19.1 Å². The van der Waals surface area contributed by atoms with Crippen LogP contribution in [0.25, 0.3) is 0 Å². The summed E-state index contributed by atoms with van der Waals surface area (Å²) in [5, 5.41) is 9.83. The molecule has 0 radical (unpaired) electrons. The zero-order chi connectivity index (χ0) is 19.0. The number of hydrogen-bond acceptors (Lipinski definition) is 6. The summed E-state index contributed by atoms with van der Waals surface area (Å²) in [7, 11) is -4.36. The van der Waals surface area contributed by atoms with E-state index in [-0.39, 0.29) is 23.6 Å². The standard InChI is InChI=1S/C14H21BN2O5S.C2H6/c1-11(18)22-10-13-8-12(9-17(13)15(2)19)16-23(20,21)14-6-4-3-5-7-14;1-2/h3-7,12-13,16,19H,8-10H2,1-2H3;1-2H3/t12-,13-;/m1./s1. The van der Waals surface area contributed by atoms with Gasteiger partial charge in [0.05, 0.1) is 4.90 Å². The predicted molar refractivity (Wildman–Crippen MR) is 97.5 cm³/mol. The number of carbonyl (C=O) groups excluding carboxylic acids is 1. The molecule has 1 heterocycles. The number of carbonyl (C=O) groups is 1. The molecule has 1 aliphatic rings. The van der Waals surface area contributed by atoms with Crippen molar-refractivity contribution in [3.63, 3.8) is 0 Å². The van der Waals surface area contributed by atoms with Gasteiger partial charge in [0.1, 0.15) is 6.61 Å². The van der Waals surface area contributed by atoms with E-state index in [0.29, 0.717) is 13.0 Å². The van der Waals surface area contributed by atoms with Gasteiger partial charge >= 0.3 is 13.0 Å². The summed E-state index contributed by atoms with van der Waals surface area (Å²) in [4.78, 5) is 12.9. The van der Waals surface area contributed by atoms with Gasteiger partial charge in [0.2, 0.25) is 10.0 Å². The Morgan fingerprint density at radius 3 is 2.48 bits per heavy atom. The van der Waals surface area contributed by atoms with E-state index in [2.05, 4.69) is 4.72 Å². The fourth-order valence-electron chi connectivity index (χ4n) is 2.75. The van der Waals surface area contributed by atoms with Gasteiger partial charge in [0.25, 0.3) is 0 Å². The lowest BCUT2D eigenvalue weighted by Crippen LogP contribution is -2.44. The summed E-state index contributed by atoms with van der Waals surface area (Å²) in [5.74, 6) is -0.399. The monoisotopic (exact) mass is 370 g/mol. The number of nitrogens with zero attached hydrogens (tertiary/aromatic N) is 1. The molecule has 1 saturated heterocycles. The molecule has 2 rings (SSSR count). The number of ether oxygens (including phenoxy) is 1. The van der Waals surface area contributed by atoms with Crippen molar-refractivity contribution in [2.24, 2.45) is 0 Å². The molecule has 7 nitrogen and oxygen atoms in total. The van der Waals surface area contributed by atoms with Crippen LogP contribution in [0.2, 0.25) is 6.82 Å². The molecule has 0 spiro atoms. The summed E-state index contributed by atoms with van der Waals surface area (Å²) < 4.78 is 32.4. The highest BCUT2D eigenvalue weighted by Gasteiger charge is 2.38. The zero-order valence-electron chi connectivity index (χ0n) is 15.2. The van der Waals surface area contributed by atoms with Gasteiger partial charge in [0.15, 0.2) is 0 Å². The van der Waals surface area contributed by atoms with Crippen LogP contribution in [0.1, 0.15) is 27.2 Å². The molecular formula is C16H27BN2O5S. The SMILES string of the molecule is CB(O)N1C[C@H](NS(=O)(=O)c2ccccc2)C[C@@H]1COC(C)=O.CC. The summed E-state index contributed by atoms with van der Waals surface area (Å²) in [6, 6.07) is 7.56. The molecule has 1 aromatic rings. The molecule has 2 atom stereocenters. The maximum absolute atomic E-state index is 12.4. The Labute approximate surface area is 150 Å². The number of hydrogen-bond donors (Lipinski definition) is 2. The minimum absolute atomic E-state index is 0.129. The van der Waals surface area contributed by atoms with Crippen molar-refractivity contribution in [1.29, 1.82) is 0 Å². The number of sulfonamides is 1. The molecule has 2 N–H and O–H groups in total. The largest absolute Gasteiger partial charge is 0.464 e. The van der Waals surface area contributed by atoms with E-state index in [1.807, 2.05) is 13.8 Å². The third-order valence-electron chi connectivity index (χ3n) is 3.79. The second-order valence-corrected chi connectivity index (χ2v) is 7.37. The van der Waals surface area contributed by atoms with Gasteiger partial charge in [-0.3, -0.25) is 4.79 Å². The average Bonchev–Trinajstić information content (AvgIpc) is 2.98. The first-order chi connectivity index (χ1) is 11.8. The Kier molecular flexibility index (Phi) is 8.57. The third-order valence-corrected chi connectivity index (χ3v) is 5.33. The lowest BCUT2D eigenvalue weighted by molar-refractivity contribution is -0.142. The number of esters is 1. The Morgan fingerprint density at radius 2 is 1.96 bits per heavy atom. The fraction of sp³-hybridized carbons (Fsp3) is 0.562. The molecule has 1 fully saturated rings. The highest BCUT2D eigenvalue weighted by atomic mass is 32.2. The number of nitrogens with one attached hydrogen (secondary N) is 1. The molecule has 0 aromatic heterocycles. The minimum Gasteiger partial charge on any atom is -0.464 e. The number of rotatable bonds is 6. The van der Waals surface area contributed by atoms with Crippen molar-refractivity contribution < 1.29 is 23.0 Å². The van der Waals surface area contributed by atoms with E-state index in [9.17, 15) is 18.2 Å². The van der Waals surface area contributed by atoms with Crippen LogP contribution in [0, 0.1) is 0 Å². The molecule has 0 aliphatic carbocycles. The molecule has 0 unspecified atom stereocenters. The van der Waals surface area contributed by atoms with Gasteiger partial charge in [-0.25, -0.2) is 13.1 Å². The van der Waals surface area contributed by atoms with Crippen LogP contribution >= 0.6 is 0 Å². The highest BCUT2D eigenvalue weighted by Crippen LogP contribution is 2.21. The van der Waals surface area contributed by atoms with Crippen LogP contribution in [0.4, 0.5) is 0 Å². The lowest BCUT2D eigenvalue weighted by Gasteiger charge is -2.24. The van der Waals surface area contributed by atoms with Crippen molar-refractivity contribution in [1.82, 2.24) is 9.53 Å². The Bertz CT molecular complexity index is 639. The second-order valence-electron chi connectivity index (χ2n) is 5.65. The van der Waals surface area contributed by atoms with Gasteiger partial charge in [-0.2, -0.15) is 0 Å². The van der Waals surface area contributed by atoms with E-state index in [0.717, 1.165) is 0 Å². The Hall–Kier alpha value is -1.42. The van der Waals surface area contributed by atoms with Crippen LogP contribution in [-0.4, -0.2) is 56.5 Å². The van der Waals surface area contributed by atoms with Crippen molar-refractivity contribution >= 4 is 23.0 Å². The average molecular weight is 370 g/mol. The Morgan fingerprint density at radius 1 is 1.36 bits per heavy atom. The summed E-state index contributed by atoms with van der Waals surface area (Å²) in [6.45, 7) is 7.41. The molecule has 25 heavy (non-hydrogen) atoms. The molecular weight excluding hydrogens is 343 g/mol. The topological polar surface area (TPSA) is 95.9 Å². The molecule has 1 aliphatic heterocycles. The van der Waals surface area contributed by atoms with Crippen molar-refractivity contribution in [2.75, 3.05) is 13.2 Å². The number of benzene rings is 1. The van der Waals surface area contributed by atoms with Gasteiger partial charge in [-0.1, -0.05) is 32.0 Å². The molecule has 0 bridgehead atoms. The van der Waals surface area contributed by atoms with Crippen molar-refractivity contribution in [3.8, 4) is 0 Å². The Balaban J connectivity index is 0.00000151. The van der Waals surface area contributed by atoms with Crippen LogP contribution in [0.3, 0.4) is 0 Å². The van der Waals surface area contributed by atoms with Gasteiger partial charge in [-0.05, 0) is 25.4 Å². The molecule has 9 heteroatoms. The predicted octanol–water partition coefficient (Wildman–Crippen LogP) is 1.11. The first-order valence-electron chi connectivity index (χ1n) is 8.44. The van der Waals surface area contributed by atoms with Gasteiger partial charge in [-0.15, -0.1) is 0 Å². The van der Waals surface area contributed by atoms with Crippen LogP contribution in [-0.2, 0) is 19.6 Å². The van der Waals surface area contributed by atoms with E-state index >= 15 is 0 Å². The van der Waals surface area contributed by atoms with E-state index in [1.54, 1.807) is 29.8 Å². The van der Waals surface area contributed by atoms with Crippen molar-refractivity contribution in [2.45, 2.75) is 51.0 Å². The smallest absolute Gasteiger partial charge is 0.376 e. The zero-order valence-corrected chi connectivity index (χ0v) is 16.0. The first-order valence-corrected chi connectivity index (χ1v) is 9.92. The molecule has 0 saturated carbocycles. The minimum atomic E-state index is -3.61. The lowest BCUT2D eigenvalue weighted by atomic mass is 9.84. The van der Waals surface area contributed by atoms with Crippen LogP contribution in [0.5, 0.6) is 0 Å². The third kappa shape index (κ3) is 6.43. The quantitative estimate of drug-likeness (QED) is 0.575. The summed E-state index contributed by atoms with van der Waals surface area (Å²) in [6.07, 6.45) is 0.463. The highest BCUT2D eigenvalue weighted by molar-refractivity contribution is 7.89.